The highest BCUT2D eigenvalue weighted by Crippen LogP contribution is 2.21. The number of ketones is 1. The maximum Gasteiger partial charge on any atom is 0.166 e. The number of nitrogens with two attached hydrogens (primary N) is 1. The van der Waals surface area contributed by atoms with E-state index in [4.69, 9.17) is 5.73 Å². The number of hydrogen-bond acceptors (Lipinski definition) is 4. The van der Waals surface area contributed by atoms with E-state index < -0.39 is 0 Å². The Bertz CT molecular complexity index is 398. The van der Waals surface area contributed by atoms with Gasteiger partial charge in [0.05, 0.1) is 0 Å². The minimum absolute atomic E-state index is 0.0388. The molecule has 4 heteroatoms. The monoisotopic (exact) mass is 220 g/mol. The second-order valence-electron chi connectivity index (χ2n) is 4.19. The standard InChI is InChI=1S/C12H16N2O2/c13-11-7-9(15)3-4-10(11)12(16)6-8-2-1-5-14-8/h3-4,7-8,14-15H,1-2,5-6,13H2. The van der Waals surface area contributed by atoms with Gasteiger partial charge in [0.1, 0.15) is 5.75 Å². The molecule has 1 fully saturated rings. The maximum atomic E-state index is 11.9. The molecular weight excluding hydrogens is 204 g/mol. The zero-order chi connectivity index (χ0) is 11.5. The lowest BCUT2D eigenvalue weighted by molar-refractivity contribution is 0.0972. The normalized spacial score (nSPS) is 19.9. The number of rotatable bonds is 3. The van der Waals surface area contributed by atoms with Crippen LogP contribution in [0.3, 0.4) is 0 Å². The molecule has 86 valence electrons. The van der Waals surface area contributed by atoms with Crippen molar-refractivity contribution in [1.29, 1.82) is 0 Å². The summed E-state index contributed by atoms with van der Waals surface area (Å²) in [5.41, 5.74) is 6.55. The molecule has 1 atom stereocenters. The summed E-state index contributed by atoms with van der Waals surface area (Å²) in [4.78, 5) is 11.9. The number of phenols is 1. The number of nitrogen functional groups attached to an aromatic ring is 1. The van der Waals surface area contributed by atoms with E-state index in [-0.39, 0.29) is 17.6 Å². The van der Waals surface area contributed by atoms with Crippen LogP contribution in [-0.2, 0) is 0 Å². The van der Waals surface area contributed by atoms with Crippen LogP contribution in [-0.4, -0.2) is 23.5 Å². The molecule has 16 heavy (non-hydrogen) atoms. The van der Waals surface area contributed by atoms with Crippen LogP contribution >= 0.6 is 0 Å². The number of nitrogens with one attached hydrogen (secondary N) is 1. The summed E-state index contributed by atoms with van der Waals surface area (Å²) in [6.45, 7) is 0.989. The van der Waals surface area contributed by atoms with Gasteiger partial charge in [-0.2, -0.15) is 0 Å². The summed E-state index contributed by atoms with van der Waals surface area (Å²) in [5, 5.41) is 12.5. The molecule has 0 aromatic heterocycles. The second kappa shape index (κ2) is 4.53. The van der Waals surface area contributed by atoms with E-state index in [1.165, 1.54) is 12.1 Å². The fraction of sp³-hybridized carbons (Fsp3) is 0.417. The van der Waals surface area contributed by atoms with Crippen molar-refractivity contribution in [3.8, 4) is 5.75 Å². The lowest BCUT2D eigenvalue weighted by Gasteiger charge is -2.10. The molecule has 1 heterocycles. The molecular formula is C12H16N2O2. The van der Waals surface area contributed by atoms with E-state index in [2.05, 4.69) is 5.32 Å². The minimum Gasteiger partial charge on any atom is -0.508 e. The van der Waals surface area contributed by atoms with Gasteiger partial charge in [-0.25, -0.2) is 0 Å². The van der Waals surface area contributed by atoms with Crippen molar-refractivity contribution < 1.29 is 9.90 Å². The molecule has 4 nitrogen and oxygen atoms in total. The molecule has 0 aliphatic carbocycles. The largest absolute Gasteiger partial charge is 0.508 e. The van der Waals surface area contributed by atoms with Gasteiger partial charge in [0.25, 0.3) is 0 Å². The molecule has 1 aliphatic heterocycles. The van der Waals surface area contributed by atoms with E-state index in [0.29, 0.717) is 17.7 Å². The van der Waals surface area contributed by atoms with Crippen molar-refractivity contribution in [2.24, 2.45) is 0 Å². The van der Waals surface area contributed by atoms with Crippen LogP contribution in [0.2, 0.25) is 0 Å². The number of benzene rings is 1. The van der Waals surface area contributed by atoms with E-state index >= 15 is 0 Å². The third-order valence-electron chi connectivity index (χ3n) is 2.93. The molecule has 1 aromatic rings. The first-order valence-corrected chi connectivity index (χ1v) is 5.52. The van der Waals surface area contributed by atoms with Crippen LogP contribution in [0.1, 0.15) is 29.6 Å². The van der Waals surface area contributed by atoms with Crippen LogP contribution in [0.4, 0.5) is 5.69 Å². The molecule has 2 rings (SSSR count). The van der Waals surface area contributed by atoms with E-state index in [1.54, 1.807) is 6.07 Å². The first-order valence-electron chi connectivity index (χ1n) is 5.52. The summed E-state index contributed by atoms with van der Waals surface area (Å²) in [6.07, 6.45) is 2.65. The molecule has 0 bridgehead atoms. The van der Waals surface area contributed by atoms with Crippen molar-refractivity contribution in [2.45, 2.75) is 25.3 Å². The molecule has 1 aromatic carbocycles. The summed E-state index contributed by atoms with van der Waals surface area (Å²) in [6, 6.07) is 4.77. The third-order valence-corrected chi connectivity index (χ3v) is 2.93. The van der Waals surface area contributed by atoms with E-state index in [1.807, 2.05) is 0 Å². The Kier molecular flexibility index (Phi) is 3.10. The molecule has 0 amide bonds. The van der Waals surface area contributed by atoms with Crippen molar-refractivity contribution in [1.82, 2.24) is 5.32 Å². The summed E-state index contributed by atoms with van der Waals surface area (Å²) in [7, 11) is 0. The first-order chi connectivity index (χ1) is 7.66. The Balaban J connectivity index is 2.08. The average Bonchev–Trinajstić information content (AvgIpc) is 2.70. The number of anilines is 1. The van der Waals surface area contributed by atoms with Crippen molar-refractivity contribution >= 4 is 11.5 Å². The highest BCUT2D eigenvalue weighted by Gasteiger charge is 2.19. The summed E-state index contributed by atoms with van der Waals surface area (Å²) in [5.74, 6) is 0.130. The molecule has 4 N–H and O–H groups in total. The molecule has 0 spiro atoms. The summed E-state index contributed by atoms with van der Waals surface area (Å²) >= 11 is 0. The lowest BCUT2D eigenvalue weighted by Crippen LogP contribution is -2.24. The Labute approximate surface area is 94.5 Å². The minimum atomic E-state index is 0.0388. The number of Topliss-reactive ketones (excluding diaryl/α,β-unsaturated/α-hetero) is 1. The van der Waals surface area contributed by atoms with Gasteiger partial charge in [0, 0.05) is 29.8 Å². The first kappa shape index (κ1) is 11.0. The Morgan fingerprint density at radius 1 is 1.56 bits per heavy atom. The van der Waals surface area contributed by atoms with Gasteiger partial charge in [-0.05, 0) is 31.5 Å². The zero-order valence-corrected chi connectivity index (χ0v) is 9.07. The van der Waals surface area contributed by atoms with Gasteiger partial charge in [-0.3, -0.25) is 4.79 Å². The zero-order valence-electron chi connectivity index (χ0n) is 9.07. The summed E-state index contributed by atoms with van der Waals surface area (Å²) < 4.78 is 0. The van der Waals surface area contributed by atoms with Crippen molar-refractivity contribution in [3.05, 3.63) is 23.8 Å². The van der Waals surface area contributed by atoms with Crippen LogP contribution in [0, 0.1) is 0 Å². The van der Waals surface area contributed by atoms with Crippen molar-refractivity contribution in [3.63, 3.8) is 0 Å². The smallest absolute Gasteiger partial charge is 0.166 e. The number of aromatic hydroxyl groups is 1. The van der Waals surface area contributed by atoms with Crippen molar-refractivity contribution in [2.75, 3.05) is 12.3 Å². The van der Waals surface area contributed by atoms with Gasteiger partial charge in [-0.15, -0.1) is 0 Å². The van der Waals surface area contributed by atoms with Gasteiger partial charge in [0.2, 0.25) is 0 Å². The Morgan fingerprint density at radius 3 is 3.00 bits per heavy atom. The van der Waals surface area contributed by atoms with Gasteiger partial charge in [0.15, 0.2) is 5.78 Å². The average molecular weight is 220 g/mol. The van der Waals surface area contributed by atoms with E-state index in [9.17, 15) is 9.90 Å². The van der Waals surface area contributed by atoms with Crippen LogP contribution in [0.25, 0.3) is 0 Å². The highest BCUT2D eigenvalue weighted by molar-refractivity contribution is 6.01. The molecule has 1 unspecified atom stereocenters. The lowest BCUT2D eigenvalue weighted by atomic mass is 10.0. The van der Waals surface area contributed by atoms with Gasteiger partial charge < -0.3 is 16.2 Å². The maximum absolute atomic E-state index is 11.9. The van der Waals surface area contributed by atoms with E-state index in [0.717, 1.165) is 19.4 Å². The number of phenolic OH excluding ortho intramolecular Hbond substituents is 1. The van der Waals surface area contributed by atoms with Crippen LogP contribution in [0.15, 0.2) is 18.2 Å². The predicted octanol–water partition coefficient (Wildman–Crippen LogP) is 1.30. The van der Waals surface area contributed by atoms with Gasteiger partial charge >= 0.3 is 0 Å². The molecule has 0 radical (unpaired) electrons. The Hall–Kier alpha value is -1.55. The number of carbonyl (C=O) groups is 1. The molecule has 0 saturated carbocycles. The fourth-order valence-electron chi connectivity index (χ4n) is 2.07. The van der Waals surface area contributed by atoms with Crippen LogP contribution in [0.5, 0.6) is 5.75 Å². The number of hydrogen-bond donors (Lipinski definition) is 3. The molecule has 1 aliphatic rings. The quantitative estimate of drug-likeness (QED) is 0.530. The Morgan fingerprint density at radius 2 is 2.38 bits per heavy atom. The highest BCUT2D eigenvalue weighted by atomic mass is 16.3. The topological polar surface area (TPSA) is 75.3 Å². The van der Waals surface area contributed by atoms with Gasteiger partial charge in [-0.1, -0.05) is 0 Å². The number of carbonyl (C=O) groups excluding carboxylic acids is 1. The molecule has 1 saturated heterocycles. The SMILES string of the molecule is Nc1cc(O)ccc1C(=O)CC1CCCN1. The second-order valence-corrected chi connectivity index (χ2v) is 4.19. The fourth-order valence-corrected chi connectivity index (χ4v) is 2.07. The van der Waals surface area contributed by atoms with Crippen LogP contribution < -0.4 is 11.1 Å². The predicted molar refractivity (Wildman–Crippen MR) is 62.5 cm³/mol. The third kappa shape index (κ3) is 2.33.